The number of rotatable bonds is 7. The third kappa shape index (κ3) is 4.24. The van der Waals surface area contributed by atoms with Crippen LogP contribution >= 0.6 is 0 Å². The molecule has 1 atom stereocenters. The zero-order valence-corrected chi connectivity index (χ0v) is 18.8. The standard InChI is InChI=1S/C24H19FN8O2/c1-15(12-32-13-29-30-14-32)35-22-9-16(3-4-18(22)25)19-5-6-23-28-11-20(33(23)31-19)24-17(10-26)21(34-2)7-8-27-24/h3-9,11,13-15H,12H2,1-2H3/t15-/m0/s1. The Balaban J connectivity index is 1.51. The number of hydrogen-bond acceptors (Lipinski definition) is 8. The van der Waals surface area contributed by atoms with Crippen LogP contribution in [0.15, 0.2) is 61.4 Å². The van der Waals surface area contributed by atoms with Crippen LogP contribution in [-0.4, -0.2) is 47.6 Å². The Kier molecular flexibility index (Phi) is 5.76. The number of nitrogens with zero attached hydrogens (tertiary/aromatic N) is 8. The van der Waals surface area contributed by atoms with E-state index in [0.717, 1.165) is 0 Å². The largest absolute Gasteiger partial charge is 0.495 e. The minimum absolute atomic E-state index is 0.108. The Morgan fingerprint density at radius 1 is 1.09 bits per heavy atom. The summed E-state index contributed by atoms with van der Waals surface area (Å²) in [7, 11) is 1.49. The monoisotopic (exact) mass is 470 g/mol. The van der Waals surface area contributed by atoms with Crippen molar-refractivity contribution in [3.63, 3.8) is 0 Å². The minimum Gasteiger partial charge on any atom is -0.495 e. The summed E-state index contributed by atoms with van der Waals surface area (Å²) in [5.74, 6) is 0.0366. The second-order valence-electron chi connectivity index (χ2n) is 7.71. The second kappa shape index (κ2) is 9.18. The number of benzene rings is 1. The Morgan fingerprint density at radius 3 is 2.69 bits per heavy atom. The van der Waals surface area contributed by atoms with Crippen LogP contribution in [0.4, 0.5) is 4.39 Å². The van der Waals surface area contributed by atoms with Gasteiger partial charge in [0.15, 0.2) is 17.2 Å². The van der Waals surface area contributed by atoms with E-state index in [4.69, 9.17) is 9.47 Å². The Labute approximate surface area is 199 Å². The number of imidazole rings is 1. The summed E-state index contributed by atoms with van der Waals surface area (Å²) in [5, 5.41) is 21.9. The molecule has 35 heavy (non-hydrogen) atoms. The van der Waals surface area contributed by atoms with Crippen molar-refractivity contribution in [3.8, 4) is 40.2 Å². The Bertz CT molecular complexity index is 1540. The molecule has 5 rings (SSSR count). The minimum atomic E-state index is -0.479. The molecule has 0 aliphatic heterocycles. The fourth-order valence-corrected chi connectivity index (χ4v) is 3.73. The number of hydrogen-bond donors (Lipinski definition) is 0. The van der Waals surface area contributed by atoms with Crippen LogP contribution in [0.1, 0.15) is 12.5 Å². The fraction of sp³-hybridized carbons (Fsp3) is 0.167. The summed E-state index contributed by atoms with van der Waals surface area (Å²) in [6.45, 7) is 2.30. The summed E-state index contributed by atoms with van der Waals surface area (Å²) >= 11 is 0. The van der Waals surface area contributed by atoms with Crippen molar-refractivity contribution in [1.82, 2.24) is 34.3 Å². The molecular weight excluding hydrogens is 451 g/mol. The van der Waals surface area contributed by atoms with Crippen LogP contribution in [-0.2, 0) is 6.54 Å². The molecule has 5 aromatic rings. The normalized spacial score (nSPS) is 11.8. The van der Waals surface area contributed by atoms with Crippen molar-refractivity contribution in [3.05, 3.63) is 72.8 Å². The third-order valence-electron chi connectivity index (χ3n) is 5.34. The predicted octanol–water partition coefficient (Wildman–Crippen LogP) is 3.54. The summed E-state index contributed by atoms with van der Waals surface area (Å²) in [5.41, 5.74) is 2.99. The van der Waals surface area contributed by atoms with E-state index >= 15 is 0 Å². The number of pyridine rings is 1. The number of halogens is 1. The quantitative estimate of drug-likeness (QED) is 0.355. The van der Waals surface area contributed by atoms with E-state index in [1.165, 1.54) is 13.2 Å². The average Bonchev–Trinajstić information content (AvgIpc) is 3.54. The van der Waals surface area contributed by atoms with Gasteiger partial charge in [-0.25, -0.2) is 13.9 Å². The van der Waals surface area contributed by atoms with Gasteiger partial charge >= 0.3 is 0 Å². The maximum Gasteiger partial charge on any atom is 0.165 e. The van der Waals surface area contributed by atoms with Gasteiger partial charge in [-0.05, 0) is 43.3 Å². The first-order valence-corrected chi connectivity index (χ1v) is 10.6. The van der Waals surface area contributed by atoms with Gasteiger partial charge in [0.25, 0.3) is 0 Å². The summed E-state index contributed by atoms with van der Waals surface area (Å²) < 4.78 is 29.0. The molecule has 0 fully saturated rings. The molecule has 0 amide bonds. The van der Waals surface area contributed by atoms with E-state index in [-0.39, 0.29) is 17.4 Å². The SMILES string of the molecule is COc1ccnc(-c2cnc3ccc(-c4ccc(F)c(O[C@@H](C)Cn5cnnc5)c4)nn23)c1C#N. The van der Waals surface area contributed by atoms with Gasteiger partial charge in [0.2, 0.25) is 0 Å². The van der Waals surface area contributed by atoms with Crippen LogP contribution < -0.4 is 9.47 Å². The highest BCUT2D eigenvalue weighted by Crippen LogP contribution is 2.30. The molecule has 11 heteroatoms. The second-order valence-corrected chi connectivity index (χ2v) is 7.71. The smallest absolute Gasteiger partial charge is 0.165 e. The molecule has 1 aromatic carbocycles. The lowest BCUT2D eigenvalue weighted by Gasteiger charge is -2.16. The van der Waals surface area contributed by atoms with E-state index in [1.807, 2.05) is 6.92 Å². The van der Waals surface area contributed by atoms with E-state index in [0.29, 0.717) is 40.6 Å². The van der Waals surface area contributed by atoms with Gasteiger partial charge in [-0.1, -0.05) is 0 Å². The molecule has 0 aliphatic carbocycles. The first-order valence-electron chi connectivity index (χ1n) is 10.6. The Hall–Kier alpha value is -4.85. The van der Waals surface area contributed by atoms with Crippen molar-refractivity contribution < 1.29 is 13.9 Å². The molecule has 10 nitrogen and oxygen atoms in total. The fourth-order valence-electron chi connectivity index (χ4n) is 3.73. The molecule has 0 spiro atoms. The highest BCUT2D eigenvalue weighted by Gasteiger charge is 2.18. The van der Waals surface area contributed by atoms with Crippen LogP contribution in [0, 0.1) is 17.1 Å². The highest BCUT2D eigenvalue weighted by atomic mass is 19.1. The predicted molar refractivity (Wildman–Crippen MR) is 123 cm³/mol. The maximum atomic E-state index is 14.5. The van der Waals surface area contributed by atoms with Crippen LogP contribution in [0.3, 0.4) is 0 Å². The molecule has 0 bridgehead atoms. The zero-order chi connectivity index (χ0) is 24.4. The summed E-state index contributed by atoms with van der Waals surface area (Å²) in [4.78, 5) is 8.74. The highest BCUT2D eigenvalue weighted by molar-refractivity contribution is 5.70. The molecule has 0 aliphatic rings. The topological polar surface area (TPSA) is 116 Å². The molecule has 0 radical (unpaired) electrons. The molecule has 4 heterocycles. The molecule has 4 aromatic heterocycles. The van der Waals surface area contributed by atoms with Crippen LogP contribution in [0.25, 0.3) is 28.3 Å². The van der Waals surface area contributed by atoms with Gasteiger partial charge in [-0.15, -0.1) is 10.2 Å². The van der Waals surface area contributed by atoms with E-state index in [1.54, 1.807) is 64.5 Å². The summed E-state index contributed by atoms with van der Waals surface area (Å²) in [6, 6.07) is 11.9. The van der Waals surface area contributed by atoms with Gasteiger partial charge in [-0.2, -0.15) is 10.4 Å². The molecule has 0 unspecified atom stereocenters. The van der Waals surface area contributed by atoms with Crippen molar-refractivity contribution in [2.75, 3.05) is 7.11 Å². The first kappa shape index (κ1) is 22.0. The first-order chi connectivity index (χ1) is 17.1. The lowest BCUT2D eigenvalue weighted by atomic mass is 10.1. The zero-order valence-electron chi connectivity index (χ0n) is 18.8. The van der Waals surface area contributed by atoms with Crippen molar-refractivity contribution in [2.24, 2.45) is 0 Å². The molecule has 0 saturated carbocycles. The lowest BCUT2D eigenvalue weighted by Crippen LogP contribution is -2.19. The van der Waals surface area contributed by atoms with Gasteiger partial charge in [-0.3, -0.25) is 4.98 Å². The van der Waals surface area contributed by atoms with Gasteiger partial charge < -0.3 is 14.0 Å². The van der Waals surface area contributed by atoms with Crippen LogP contribution in [0.5, 0.6) is 11.5 Å². The maximum absolute atomic E-state index is 14.5. The molecule has 0 N–H and O–H groups in total. The number of fused-ring (bicyclic) bond motifs is 1. The number of methoxy groups -OCH3 is 1. The van der Waals surface area contributed by atoms with Gasteiger partial charge in [0.1, 0.15) is 47.5 Å². The molecule has 174 valence electrons. The van der Waals surface area contributed by atoms with E-state index in [9.17, 15) is 9.65 Å². The van der Waals surface area contributed by atoms with Gasteiger partial charge in [0, 0.05) is 11.8 Å². The van der Waals surface area contributed by atoms with E-state index < -0.39 is 5.82 Å². The Morgan fingerprint density at radius 2 is 1.91 bits per heavy atom. The lowest BCUT2D eigenvalue weighted by molar-refractivity contribution is 0.191. The number of aromatic nitrogens is 7. The van der Waals surface area contributed by atoms with Crippen LogP contribution in [0.2, 0.25) is 0 Å². The molecular formula is C24H19FN8O2. The molecule has 0 saturated heterocycles. The number of ether oxygens (including phenoxy) is 2. The van der Waals surface area contributed by atoms with Gasteiger partial charge in [0.05, 0.1) is 25.5 Å². The summed E-state index contributed by atoms with van der Waals surface area (Å²) in [6.07, 6.45) is 5.98. The number of nitriles is 1. The third-order valence-corrected chi connectivity index (χ3v) is 5.34. The van der Waals surface area contributed by atoms with E-state index in [2.05, 4.69) is 31.3 Å². The average molecular weight is 470 g/mol. The van der Waals surface area contributed by atoms with Crippen molar-refractivity contribution in [2.45, 2.75) is 19.6 Å². The van der Waals surface area contributed by atoms with Crippen molar-refractivity contribution >= 4 is 5.65 Å². The van der Waals surface area contributed by atoms with Crippen molar-refractivity contribution in [1.29, 1.82) is 5.26 Å².